The first-order valence-corrected chi connectivity index (χ1v) is 12.8. The Balaban J connectivity index is 1.41. The van der Waals surface area contributed by atoms with Crippen molar-refractivity contribution in [2.75, 3.05) is 19.8 Å². The van der Waals surface area contributed by atoms with E-state index in [4.69, 9.17) is 4.74 Å². The monoisotopic (exact) mass is 451 g/mol. The highest BCUT2D eigenvalue weighted by Gasteiger charge is 2.40. The van der Waals surface area contributed by atoms with Crippen LogP contribution < -0.4 is 5.32 Å². The second-order valence-corrected chi connectivity index (χ2v) is 10.2. The maximum Gasteiger partial charge on any atom is 0.226 e. The van der Waals surface area contributed by atoms with Crippen LogP contribution in [-0.4, -0.2) is 25.7 Å². The molecule has 178 valence electrons. The largest absolute Gasteiger partial charge is 0.381 e. The summed E-state index contributed by atoms with van der Waals surface area (Å²) in [7, 11) is 0. The third kappa shape index (κ3) is 6.23. The van der Waals surface area contributed by atoms with Gasteiger partial charge in [0, 0.05) is 19.8 Å². The van der Waals surface area contributed by atoms with Gasteiger partial charge < -0.3 is 10.1 Å². The number of amides is 1. The minimum absolute atomic E-state index is 0.165. The van der Waals surface area contributed by atoms with Crippen molar-refractivity contribution in [1.29, 1.82) is 0 Å². The molecule has 2 aliphatic rings. The molecule has 0 unspecified atom stereocenters. The van der Waals surface area contributed by atoms with Gasteiger partial charge in [0.2, 0.25) is 5.91 Å². The van der Waals surface area contributed by atoms with Gasteiger partial charge in [0.15, 0.2) is 0 Å². The summed E-state index contributed by atoms with van der Waals surface area (Å²) in [6, 6.07) is 14.9. The molecule has 0 radical (unpaired) electrons. The van der Waals surface area contributed by atoms with E-state index in [9.17, 15) is 9.18 Å². The number of carbonyl (C=O) groups excluding carboxylic acids is 1. The molecule has 4 rings (SSSR count). The van der Waals surface area contributed by atoms with Crippen LogP contribution in [0.3, 0.4) is 0 Å². The highest BCUT2D eigenvalue weighted by molar-refractivity contribution is 5.83. The van der Waals surface area contributed by atoms with Crippen molar-refractivity contribution in [3.05, 3.63) is 59.9 Å². The van der Waals surface area contributed by atoms with Crippen LogP contribution in [0.15, 0.2) is 48.5 Å². The van der Waals surface area contributed by atoms with E-state index in [1.807, 2.05) is 18.2 Å². The fourth-order valence-corrected chi connectivity index (χ4v) is 5.71. The molecule has 1 amide bonds. The predicted octanol–water partition coefficient (Wildman–Crippen LogP) is 6.55. The lowest BCUT2D eigenvalue weighted by Crippen LogP contribution is -2.46. The molecule has 2 aromatic rings. The molecule has 1 aliphatic heterocycles. The van der Waals surface area contributed by atoms with E-state index in [0.717, 1.165) is 48.4 Å². The SMILES string of the molecule is C[C@H](CCNC(=O)C1(Cc2cccc(-c3cccc(F)c3)c2)CCOCC1)C1CCCCC1. The second-order valence-electron chi connectivity index (χ2n) is 10.2. The molecule has 1 atom stereocenters. The third-order valence-electron chi connectivity index (χ3n) is 7.90. The molecular weight excluding hydrogens is 413 g/mol. The fraction of sp³-hybridized carbons (Fsp3) is 0.552. The van der Waals surface area contributed by atoms with Crippen molar-refractivity contribution in [3.8, 4) is 11.1 Å². The molecule has 1 aliphatic carbocycles. The van der Waals surface area contributed by atoms with E-state index in [1.165, 1.54) is 38.2 Å². The molecule has 0 bridgehead atoms. The Labute approximate surface area is 198 Å². The average Bonchev–Trinajstić information content (AvgIpc) is 2.85. The molecule has 4 heteroatoms. The van der Waals surface area contributed by atoms with Crippen molar-refractivity contribution in [2.24, 2.45) is 17.3 Å². The van der Waals surface area contributed by atoms with Crippen LogP contribution in [0.1, 0.15) is 63.9 Å². The molecule has 1 heterocycles. The first-order valence-electron chi connectivity index (χ1n) is 12.8. The van der Waals surface area contributed by atoms with Gasteiger partial charge in [-0.2, -0.15) is 0 Å². The first kappa shape index (κ1) is 23.9. The number of benzene rings is 2. The fourth-order valence-electron chi connectivity index (χ4n) is 5.71. The maximum absolute atomic E-state index is 13.7. The molecule has 0 spiro atoms. The molecule has 2 aromatic carbocycles. The zero-order chi connectivity index (χ0) is 23.1. The van der Waals surface area contributed by atoms with Gasteiger partial charge >= 0.3 is 0 Å². The van der Waals surface area contributed by atoms with Crippen LogP contribution in [0.5, 0.6) is 0 Å². The molecular formula is C29H38FNO2. The van der Waals surface area contributed by atoms with Gasteiger partial charge in [-0.1, -0.05) is 75.4 Å². The lowest BCUT2D eigenvalue weighted by Gasteiger charge is -2.36. The summed E-state index contributed by atoms with van der Waals surface area (Å²) in [5.74, 6) is 1.41. The zero-order valence-corrected chi connectivity index (χ0v) is 20.0. The summed E-state index contributed by atoms with van der Waals surface area (Å²) in [5, 5.41) is 3.29. The van der Waals surface area contributed by atoms with Gasteiger partial charge in [-0.3, -0.25) is 4.79 Å². The van der Waals surface area contributed by atoms with Gasteiger partial charge in [0.05, 0.1) is 5.41 Å². The van der Waals surface area contributed by atoms with E-state index in [2.05, 4.69) is 24.4 Å². The number of nitrogens with one attached hydrogen (secondary N) is 1. The summed E-state index contributed by atoms with van der Waals surface area (Å²) < 4.78 is 19.3. The first-order chi connectivity index (χ1) is 16.1. The van der Waals surface area contributed by atoms with Crippen LogP contribution in [0.25, 0.3) is 11.1 Å². The quantitative estimate of drug-likeness (QED) is 0.494. The molecule has 2 fully saturated rings. The number of hydrogen-bond donors (Lipinski definition) is 1. The molecule has 1 saturated heterocycles. The van der Waals surface area contributed by atoms with Crippen molar-refractivity contribution in [1.82, 2.24) is 5.32 Å². The minimum Gasteiger partial charge on any atom is -0.381 e. The topological polar surface area (TPSA) is 38.3 Å². The van der Waals surface area contributed by atoms with Crippen LogP contribution in [0.2, 0.25) is 0 Å². The predicted molar refractivity (Wildman–Crippen MR) is 131 cm³/mol. The van der Waals surface area contributed by atoms with Crippen molar-refractivity contribution >= 4 is 5.91 Å². The molecule has 0 aromatic heterocycles. The molecule has 1 saturated carbocycles. The number of halogens is 1. The molecule has 3 nitrogen and oxygen atoms in total. The van der Waals surface area contributed by atoms with Gasteiger partial charge in [0.1, 0.15) is 5.82 Å². The highest BCUT2D eigenvalue weighted by atomic mass is 19.1. The number of carbonyl (C=O) groups is 1. The lowest BCUT2D eigenvalue weighted by molar-refractivity contribution is -0.136. The van der Waals surface area contributed by atoms with E-state index in [-0.39, 0.29) is 11.7 Å². The van der Waals surface area contributed by atoms with Gasteiger partial charge in [0.25, 0.3) is 0 Å². The minimum atomic E-state index is -0.438. The molecule has 1 N–H and O–H groups in total. The summed E-state index contributed by atoms with van der Waals surface area (Å²) >= 11 is 0. The molecule has 33 heavy (non-hydrogen) atoms. The van der Waals surface area contributed by atoms with E-state index >= 15 is 0 Å². The second kappa shape index (κ2) is 11.3. The lowest BCUT2D eigenvalue weighted by atomic mass is 9.74. The Morgan fingerprint density at radius 2 is 1.76 bits per heavy atom. The highest BCUT2D eigenvalue weighted by Crippen LogP contribution is 2.36. The Bertz CT molecular complexity index is 915. The van der Waals surface area contributed by atoms with Crippen LogP contribution in [0.4, 0.5) is 4.39 Å². The van der Waals surface area contributed by atoms with Gasteiger partial charge in [-0.25, -0.2) is 4.39 Å². The Kier molecular flexibility index (Phi) is 8.19. The van der Waals surface area contributed by atoms with E-state index in [0.29, 0.717) is 25.6 Å². The smallest absolute Gasteiger partial charge is 0.226 e. The van der Waals surface area contributed by atoms with Crippen molar-refractivity contribution in [2.45, 2.75) is 64.7 Å². The standard InChI is InChI=1S/C29H38FNO2/c1-22(24-8-3-2-4-9-24)13-16-31-28(32)29(14-17-33-18-15-29)21-23-7-5-10-25(19-23)26-11-6-12-27(30)20-26/h5-7,10-12,19-20,22,24H,2-4,8-9,13-18,21H2,1H3,(H,31,32)/t22-/m1/s1. The Hall–Kier alpha value is -2.20. The van der Waals surface area contributed by atoms with Crippen molar-refractivity contribution in [3.63, 3.8) is 0 Å². The normalized spacial score (nSPS) is 19.7. The van der Waals surface area contributed by atoms with Gasteiger partial charge in [-0.05, 0) is 66.3 Å². The summed E-state index contributed by atoms with van der Waals surface area (Å²) in [6.45, 7) is 4.34. The van der Waals surface area contributed by atoms with Crippen LogP contribution in [0, 0.1) is 23.1 Å². The van der Waals surface area contributed by atoms with Crippen molar-refractivity contribution < 1.29 is 13.9 Å². The summed E-state index contributed by atoms with van der Waals surface area (Å²) in [5.41, 5.74) is 2.52. The van der Waals surface area contributed by atoms with Crippen LogP contribution in [-0.2, 0) is 16.0 Å². The number of rotatable bonds is 8. The van der Waals surface area contributed by atoms with E-state index < -0.39 is 5.41 Å². The number of hydrogen-bond acceptors (Lipinski definition) is 2. The van der Waals surface area contributed by atoms with E-state index in [1.54, 1.807) is 12.1 Å². The summed E-state index contributed by atoms with van der Waals surface area (Å²) in [4.78, 5) is 13.5. The Morgan fingerprint density at radius 3 is 2.48 bits per heavy atom. The average molecular weight is 452 g/mol. The zero-order valence-electron chi connectivity index (χ0n) is 20.0. The third-order valence-corrected chi connectivity index (χ3v) is 7.90. The summed E-state index contributed by atoms with van der Waals surface area (Å²) in [6.07, 6.45) is 10.0. The van der Waals surface area contributed by atoms with Gasteiger partial charge in [-0.15, -0.1) is 0 Å². The Morgan fingerprint density at radius 1 is 1.06 bits per heavy atom. The maximum atomic E-state index is 13.7. The number of ether oxygens (including phenoxy) is 1. The van der Waals surface area contributed by atoms with Crippen LogP contribution >= 0.6 is 0 Å².